The average molecular weight is 355 g/mol. The second-order valence-electron chi connectivity index (χ2n) is 6.60. The summed E-state index contributed by atoms with van der Waals surface area (Å²) in [6.45, 7) is 5.32. The number of aryl methyl sites for hydroxylation is 2. The van der Waals surface area contributed by atoms with Crippen molar-refractivity contribution in [3.05, 3.63) is 62.9 Å². The molecule has 1 aliphatic heterocycles. The van der Waals surface area contributed by atoms with Gasteiger partial charge in [-0.25, -0.2) is 4.68 Å². The van der Waals surface area contributed by atoms with E-state index in [1.54, 1.807) is 9.36 Å². The van der Waals surface area contributed by atoms with E-state index in [2.05, 4.69) is 6.07 Å². The van der Waals surface area contributed by atoms with Crippen LogP contribution in [-0.2, 0) is 13.1 Å². The molecular weight excluding hydrogens is 336 g/mol. The smallest absolute Gasteiger partial charge is 0.278 e. The summed E-state index contributed by atoms with van der Waals surface area (Å²) in [5, 5.41) is 11.2. The molecule has 5 heteroatoms. The van der Waals surface area contributed by atoms with Gasteiger partial charge in [0.15, 0.2) is 0 Å². The molecule has 3 aromatic rings. The third kappa shape index (κ3) is 2.48. The Hall–Kier alpha value is -2.46. The van der Waals surface area contributed by atoms with Crippen molar-refractivity contribution < 1.29 is 5.11 Å². The number of aromatic nitrogens is 2. The Labute approximate surface area is 150 Å². The fourth-order valence-electron chi connectivity index (χ4n) is 3.69. The second-order valence-corrected chi connectivity index (χ2v) is 7.03. The average Bonchev–Trinajstić information content (AvgIpc) is 3.14. The van der Waals surface area contributed by atoms with Crippen LogP contribution < -0.4 is 5.56 Å². The lowest BCUT2D eigenvalue weighted by Crippen LogP contribution is -2.17. The molecule has 0 fully saturated rings. The summed E-state index contributed by atoms with van der Waals surface area (Å²) >= 11 is 6.12. The number of hydrogen-bond donors (Lipinski definition) is 1. The molecule has 0 atom stereocenters. The van der Waals surface area contributed by atoms with Crippen molar-refractivity contribution in [1.29, 1.82) is 0 Å². The highest BCUT2D eigenvalue weighted by Gasteiger charge is 2.25. The van der Waals surface area contributed by atoms with E-state index in [1.807, 2.05) is 44.2 Å². The Morgan fingerprint density at radius 1 is 1.00 bits per heavy atom. The number of hydrogen-bond acceptors (Lipinski definition) is 2. The van der Waals surface area contributed by atoms with Crippen LogP contribution in [0.2, 0.25) is 5.02 Å². The van der Waals surface area contributed by atoms with E-state index in [1.165, 1.54) is 0 Å². The predicted octanol–water partition coefficient (Wildman–Crippen LogP) is 4.36. The van der Waals surface area contributed by atoms with Gasteiger partial charge in [-0.15, -0.1) is 0 Å². The second kappa shape index (κ2) is 5.81. The Balaban J connectivity index is 1.89. The Morgan fingerprint density at radius 2 is 1.68 bits per heavy atom. The summed E-state index contributed by atoms with van der Waals surface area (Å²) in [7, 11) is 0. The van der Waals surface area contributed by atoms with Crippen LogP contribution in [0.3, 0.4) is 0 Å². The van der Waals surface area contributed by atoms with Crippen LogP contribution in [0.25, 0.3) is 22.3 Å². The topological polar surface area (TPSA) is 47.2 Å². The van der Waals surface area contributed by atoms with Gasteiger partial charge in [0.25, 0.3) is 5.56 Å². The molecule has 2 aromatic carbocycles. The van der Waals surface area contributed by atoms with Gasteiger partial charge in [0.1, 0.15) is 5.56 Å². The molecule has 0 bridgehead atoms. The van der Waals surface area contributed by atoms with Crippen molar-refractivity contribution >= 4 is 11.6 Å². The van der Waals surface area contributed by atoms with Crippen molar-refractivity contribution in [2.45, 2.75) is 33.4 Å². The van der Waals surface area contributed by atoms with Crippen LogP contribution in [0.1, 0.15) is 17.5 Å². The molecule has 0 aliphatic carbocycles. The van der Waals surface area contributed by atoms with Crippen molar-refractivity contribution in [2.24, 2.45) is 0 Å². The first kappa shape index (κ1) is 16.0. The first-order valence-corrected chi connectivity index (χ1v) is 8.75. The van der Waals surface area contributed by atoms with Crippen LogP contribution in [0.4, 0.5) is 0 Å². The lowest BCUT2D eigenvalue weighted by molar-refractivity contribution is 0.399. The number of benzene rings is 2. The summed E-state index contributed by atoms with van der Waals surface area (Å²) in [4.78, 5) is 12.7. The minimum atomic E-state index is -0.118. The lowest BCUT2D eigenvalue weighted by atomic mass is 9.92. The molecule has 25 heavy (non-hydrogen) atoms. The van der Waals surface area contributed by atoms with E-state index in [-0.39, 0.29) is 11.4 Å². The highest BCUT2D eigenvalue weighted by molar-refractivity contribution is 6.30. The first-order valence-electron chi connectivity index (χ1n) is 8.37. The molecule has 0 saturated carbocycles. The summed E-state index contributed by atoms with van der Waals surface area (Å²) in [6.07, 6.45) is 0.884. The highest BCUT2D eigenvalue weighted by atomic mass is 35.5. The van der Waals surface area contributed by atoms with Crippen molar-refractivity contribution in [3.63, 3.8) is 0 Å². The monoisotopic (exact) mass is 354 g/mol. The van der Waals surface area contributed by atoms with Gasteiger partial charge in [0.05, 0.1) is 0 Å². The molecule has 1 N–H and O–H groups in total. The molecule has 0 radical (unpaired) electrons. The van der Waals surface area contributed by atoms with Crippen LogP contribution in [0, 0.1) is 13.8 Å². The van der Waals surface area contributed by atoms with Gasteiger partial charge >= 0.3 is 0 Å². The van der Waals surface area contributed by atoms with Gasteiger partial charge in [0.2, 0.25) is 5.88 Å². The van der Waals surface area contributed by atoms with E-state index >= 15 is 0 Å². The number of rotatable bonds is 2. The molecule has 0 spiro atoms. The molecule has 0 amide bonds. The van der Waals surface area contributed by atoms with E-state index in [4.69, 9.17) is 11.6 Å². The zero-order valence-electron chi connectivity index (χ0n) is 14.2. The minimum Gasteiger partial charge on any atom is -0.493 e. The van der Waals surface area contributed by atoms with Gasteiger partial charge in [0, 0.05) is 18.1 Å². The number of nitrogens with zero attached hydrogens (tertiary/aromatic N) is 2. The molecule has 0 unspecified atom stereocenters. The molecule has 128 valence electrons. The maximum absolute atomic E-state index is 12.7. The van der Waals surface area contributed by atoms with Gasteiger partial charge in [-0.3, -0.25) is 9.48 Å². The maximum Gasteiger partial charge on any atom is 0.278 e. The van der Waals surface area contributed by atoms with Crippen LogP contribution in [0.15, 0.2) is 41.2 Å². The summed E-state index contributed by atoms with van der Waals surface area (Å²) in [5.41, 5.74) is 5.19. The van der Waals surface area contributed by atoms with Crippen molar-refractivity contribution in [2.75, 3.05) is 0 Å². The van der Waals surface area contributed by atoms with Crippen molar-refractivity contribution in [1.82, 2.24) is 9.36 Å². The summed E-state index contributed by atoms with van der Waals surface area (Å²) in [5.74, 6) is 0.0699. The van der Waals surface area contributed by atoms with Gasteiger partial charge in [-0.2, -0.15) is 0 Å². The van der Waals surface area contributed by atoms with E-state index in [9.17, 15) is 9.90 Å². The highest BCUT2D eigenvalue weighted by Crippen LogP contribution is 2.35. The number of aromatic hydroxyl groups is 1. The SMILES string of the molecule is Cc1cc(-c2c(O)n3n(c2=O)CCC3)c(C)cc1-c1cccc(Cl)c1. The lowest BCUT2D eigenvalue weighted by Gasteiger charge is -2.12. The summed E-state index contributed by atoms with van der Waals surface area (Å²) in [6, 6.07) is 11.8. The standard InChI is InChI=1S/C20H19ClN2O2/c1-12-10-17(18-19(24)22-7-4-8-23(22)20(18)25)13(2)9-16(12)14-5-3-6-15(21)11-14/h3,5-6,9-11,24H,4,7-8H2,1-2H3. The van der Waals surface area contributed by atoms with Crippen molar-refractivity contribution in [3.8, 4) is 28.1 Å². The third-order valence-corrected chi connectivity index (χ3v) is 5.16. The zero-order chi connectivity index (χ0) is 17.7. The minimum absolute atomic E-state index is 0.0699. The molecule has 0 saturated heterocycles. The maximum atomic E-state index is 12.7. The zero-order valence-corrected chi connectivity index (χ0v) is 15.0. The molecule has 4 rings (SSSR count). The summed E-state index contributed by atoms with van der Waals surface area (Å²) < 4.78 is 3.31. The van der Waals surface area contributed by atoms with Crippen LogP contribution in [0.5, 0.6) is 5.88 Å². The first-order chi connectivity index (χ1) is 12.0. The van der Waals surface area contributed by atoms with Gasteiger partial charge in [-0.05, 0) is 60.2 Å². The number of fused-ring (bicyclic) bond motifs is 1. The van der Waals surface area contributed by atoms with E-state index < -0.39 is 0 Å². The molecule has 1 aromatic heterocycles. The Morgan fingerprint density at radius 3 is 2.40 bits per heavy atom. The normalized spacial score (nSPS) is 13.2. The van der Waals surface area contributed by atoms with E-state index in [0.29, 0.717) is 23.7 Å². The fraction of sp³-hybridized carbons (Fsp3) is 0.250. The van der Waals surface area contributed by atoms with Gasteiger partial charge < -0.3 is 5.11 Å². The molecular formula is C20H19ClN2O2. The molecule has 2 heterocycles. The number of halogens is 1. The van der Waals surface area contributed by atoms with Gasteiger partial charge in [-0.1, -0.05) is 35.9 Å². The largest absolute Gasteiger partial charge is 0.493 e. The Kier molecular flexibility index (Phi) is 3.73. The van der Waals surface area contributed by atoms with Crippen LogP contribution in [-0.4, -0.2) is 14.5 Å². The quantitative estimate of drug-likeness (QED) is 0.743. The third-order valence-electron chi connectivity index (χ3n) is 4.92. The van der Waals surface area contributed by atoms with Crippen LogP contribution >= 0.6 is 11.6 Å². The fourth-order valence-corrected chi connectivity index (χ4v) is 3.88. The Bertz CT molecular complexity index is 1050. The predicted molar refractivity (Wildman–Crippen MR) is 100 cm³/mol. The van der Waals surface area contributed by atoms with E-state index in [0.717, 1.165) is 34.2 Å². The molecule has 4 nitrogen and oxygen atoms in total. The molecule has 1 aliphatic rings.